The third kappa shape index (κ3) is 2.38. The van der Waals surface area contributed by atoms with Crippen LogP contribution in [0.2, 0.25) is 0 Å². The molecule has 0 aliphatic carbocycles. The van der Waals surface area contributed by atoms with Crippen molar-refractivity contribution < 1.29 is 14.6 Å². The fourth-order valence-electron chi connectivity index (χ4n) is 1.94. The van der Waals surface area contributed by atoms with E-state index in [0.29, 0.717) is 0 Å². The van der Waals surface area contributed by atoms with Crippen LogP contribution in [0.1, 0.15) is 11.1 Å². The number of rotatable bonds is 3. The zero-order valence-corrected chi connectivity index (χ0v) is 9.86. The van der Waals surface area contributed by atoms with Gasteiger partial charge < -0.3 is 9.84 Å². The van der Waals surface area contributed by atoms with Gasteiger partial charge in [0.1, 0.15) is 5.75 Å². The maximum Gasteiger partial charge on any atom is 0.307 e. The third-order valence-electron chi connectivity index (χ3n) is 2.77. The molecule has 0 aromatic heterocycles. The summed E-state index contributed by atoms with van der Waals surface area (Å²) < 4.78 is 5.25. The summed E-state index contributed by atoms with van der Waals surface area (Å²) in [6, 6.07) is 9.66. The predicted octanol–water partition coefficient (Wildman–Crippen LogP) is 2.78. The summed E-state index contributed by atoms with van der Waals surface area (Å²) in [5, 5.41) is 10.9. The number of benzene rings is 2. The fraction of sp³-hybridized carbons (Fsp3) is 0.214. The first-order valence-corrected chi connectivity index (χ1v) is 5.39. The van der Waals surface area contributed by atoms with Gasteiger partial charge in [0.15, 0.2) is 0 Å². The lowest BCUT2D eigenvalue weighted by Gasteiger charge is -2.07. The Labute approximate surface area is 99.6 Å². The molecule has 0 amide bonds. The standard InChI is InChI=1S/C14H14O3/c1-9-5-12-6-10(7-14(15)16)3-4-11(12)8-13(9)17-2/h3-6,8H,7H2,1-2H3,(H,15,16). The average Bonchev–Trinajstić information content (AvgIpc) is 2.27. The first kappa shape index (κ1) is 11.5. The van der Waals surface area contributed by atoms with Gasteiger partial charge in [-0.05, 0) is 41.0 Å². The molecular formula is C14H14O3. The molecule has 0 unspecified atom stereocenters. The molecular weight excluding hydrogens is 216 g/mol. The fourth-order valence-corrected chi connectivity index (χ4v) is 1.94. The van der Waals surface area contributed by atoms with Crippen LogP contribution < -0.4 is 4.74 Å². The van der Waals surface area contributed by atoms with Gasteiger partial charge in [-0.1, -0.05) is 18.2 Å². The van der Waals surface area contributed by atoms with Gasteiger partial charge in [0.2, 0.25) is 0 Å². The minimum absolute atomic E-state index is 0.0566. The number of carboxylic acids is 1. The van der Waals surface area contributed by atoms with E-state index in [-0.39, 0.29) is 6.42 Å². The third-order valence-corrected chi connectivity index (χ3v) is 2.77. The SMILES string of the molecule is COc1cc2ccc(CC(=O)O)cc2cc1C. The molecule has 0 saturated carbocycles. The molecule has 3 nitrogen and oxygen atoms in total. The summed E-state index contributed by atoms with van der Waals surface area (Å²) in [5.74, 6) is 0.0399. The zero-order chi connectivity index (χ0) is 12.4. The van der Waals surface area contributed by atoms with E-state index in [9.17, 15) is 4.79 Å². The van der Waals surface area contributed by atoms with Gasteiger partial charge in [0, 0.05) is 0 Å². The molecule has 0 heterocycles. The Morgan fingerprint density at radius 2 is 2.00 bits per heavy atom. The minimum atomic E-state index is -0.811. The van der Waals surface area contributed by atoms with E-state index in [1.54, 1.807) is 7.11 Å². The topological polar surface area (TPSA) is 46.5 Å². The van der Waals surface area contributed by atoms with Crippen LogP contribution in [0.4, 0.5) is 0 Å². The number of hydrogen-bond acceptors (Lipinski definition) is 2. The molecule has 0 fully saturated rings. The second-order valence-electron chi connectivity index (χ2n) is 4.07. The van der Waals surface area contributed by atoms with Crippen LogP contribution >= 0.6 is 0 Å². The van der Waals surface area contributed by atoms with Gasteiger partial charge in [-0.3, -0.25) is 4.79 Å². The Balaban J connectivity index is 2.51. The molecule has 0 aliphatic rings. The summed E-state index contributed by atoms with van der Waals surface area (Å²) in [4.78, 5) is 10.7. The lowest BCUT2D eigenvalue weighted by atomic mass is 10.0. The van der Waals surface area contributed by atoms with Crippen molar-refractivity contribution in [1.82, 2.24) is 0 Å². The van der Waals surface area contributed by atoms with Crippen molar-refractivity contribution in [2.24, 2.45) is 0 Å². The lowest BCUT2D eigenvalue weighted by Crippen LogP contribution is -1.99. The number of hydrogen-bond donors (Lipinski definition) is 1. The molecule has 0 aliphatic heterocycles. The number of methoxy groups -OCH3 is 1. The zero-order valence-electron chi connectivity index (χ0n) is 9.86. The number of aliphatic carboxylic acids is 1. The van der Waals surface area contributed by atoms with Crippen molar-refractivity contribution in [3.05, 3.63) is 41.5 Å². The van der Waals surface area contributed by atoms with Crippen molar-refractivity contribution in [3.63, 3.8) is 0 Å². The highest BCUT2D eigenvalue weighted by Gasteiger charge is 2.04. The molecule has 17 heavy (non-hydrogen) atoms. The quantitative estimate of drug-likeness (QED) is 0.881. The van der Waals surface area contributed by atoms with Gasteiger partial charge in [0.25, 0.3) is 0 Å². The van der Waals surface area contributed by atoms with Gasteiger partial charge in [-0.15, -0.1) is 0 Å². The Morgan fingerprint density at radius 3 is 2.65 bits per heavy atom. The summed E-state index contributed by atoms with van der Waals surface area (Å²) in [7, 11) is 1.65. The lowest BCUT2D eigenvalue weighted by molar-refractivity contribution is -0.136. The van der Waals surface area contributed by atoms with Crippen LogP contribution in [0.15, 0.2) is 30.3 Å². The first-order valence-electron chi connectivity index (χ1n) is 5.39. The van der Waals surface area contributed by atoms with E-state index in [0.717, 1.165) is 27.6 Å². The summed E-state index contributed by atoms with van der Waals surface area (Å²) in [6.45, 7) is 1.97. The molecule has 1 N–H and O–H groups in total. The summed E-state index contributed by atoms with van der Waals surface area (Å²) in [5.41, 5.74) is 1.86. The Morgan fingerprint density at radius 1 is 1.24 bits per heavy atom. The average molecular weight is 230 g/mol. The van der Waals surface area contributed by atoms with Crippen LogP contribution in [0, 0.1) is 6.92 Å². The molecule has 88 valence electrons. The van der Waals surface area contributed by atoms with Crippen LogP contribution in [0.25, 0.3) is 10.8 Å². The maximum atomic E-state index is 10.7. The number of carboxylic acid groups (broad SMARTS) is 1. The van der Waals surface area contributed by atoms with E-state index in [4.69, 9.17) is 9.84 Å². The molecule has 2 aromatic rings. The summed E-state index contributed by atoms with van der Waals surface area (Å²) >= 11 is 0. The molecule has 0 spiro atoms. The number of fused-ring (bicyclic) bond motifs is 1. The van der Waals surface area contributed by atoms with E-state index in [1.165, 1.54) is 0 Å². The molecule has 2 rings (SSSR count). The van der Waals surface area contributed by atoms with E-state index in [1.807, 2.05) is 37.3 Å². The largest absolute Gasteiger partial charge is 0.496 e. The Kier molecular flexibility index (Phi) is 3.00. The van der Waals surface area contributed by atoms with Gasteiger partial charge in [-0.2, -0.15) is 0 Å². The van der Waals surface area contributed by atoms with Crippen LogP contribution in [-0.2, 0) is 11.2 Å². The van der Waals surface area contributed by atoms with Gasteiger partial charge in [0.05, 0.1) is 13.5 Å². The van der Waals surface area contributed by atoms with Crippen molar-refractivity contribution in [2.75, 3.05) is 7.11 Å². The van der Waals surface area contributed by atoms with Crippen LogP contribution in [0.5, 0.6) is 5.75 Å². The van der Waals surface area contributed by atoms with Crippen LogP contribution in [-0.4, -0.2) is 18.2 Å². The number of carbonyl (C=O) groups is 1. The predicted molar refractivity (Wildman–Crippen MR) is 66.6 cm³/mol. The molecule has 0 saturated heterocycles. The second kappa shape index (κ2) is 4.45. The normalized spacial score (nSPS) is 10.5. The molecule has 0 radical (unpaired) electrons. The van der Waals surface area contributed by atoms with E-state index >= 15 is 0 Å². The molecule has 0 atom stereocenters. The minimum Gasteiger partial charge on any atom is -0.496 e. The van der Waals surface area contributed by atoms with Crippen LogP contribution in [0.3, 0.4) is 0 Å². The van der Waals surface area contributed by atoms with Crippen molar-refractivity contribution in [2.45, 2.75) is 13.3 Å². The van der Waals surface area contributed by atoms with Crippen molar-refractivity contribution in [1.29, 1.82) is 0 Å². The van der Waals surface area contributed by atoms with E-state index in [2.05, 4.69) is 0 Å². The summed E-state index contributed by atoms with van der Waals surface area (Å²) in [6.07, 6.45) is 0.0566. The first-order chi connectivity index (χ1) is 8.10. The Hall–Kier alpha value is -2.03. The highest BCUT2D eigenvalue weighted by Crippen LogP contribution is 2.26. The molecule has 0 bridgehead atoms. The highest BCUT2D eigenvalue weighted by molar-refractivity contribution is 5.86. The van der Waals surface area contributed by atoms with Crippen molar-refractivity contribution in [3.8, 4) is 5.75 Å². The molecule has 3 heteroatoms. The monoisotopic (exact) mass is 230 g/mol. The smallest absolute Gasteiger partial charge is 0.307 e. The maximum absolute atomic E-state index is 10.7. The molecule has 2 aromatic carbocycles. The van der Waals surface area contributed by atoms with Gasteiger partial charge >= 0.3 is 5.97 Å². The highest BCUT2D eigenvalue weighted by atomic mass is 16.5. The second-order valence-corrected chi connectivity index (χ2v) is 4.07. The van der Waals surface area contributed by atoms with E-state index < -0.39 is 5.97 Å². The van der Waals surface area contributed by atoms with Gasteiger partial charge in [-0.25, -0.2) is 0 Å². The number of ether oxygens (including phenoxy) is 1. The van der Waals surface area contributed by atoms with Crippen molar-refractivity contribution >= 4 is 16.7 Å². The number of aryl methyl sites for hydroxylation is 1. The Bertz CT molecular complexity index is 573.